The molecule has 0 spiro atoms. The van der Waals surface area contributed by atoms with E-state index in [1.807, 2.05) is 48.9 Å². The molecule has 1 unspecified atom stereocenters. The summed E-state index contributed by atoms with van der Waals surface area (Å²) in [6, 6.07) is 9.65. The van der Waals surface area contributed by atoms with E-state index in [4.69, 9.17) is 10.1 Å². The van der Waals surface area contributed by atoms with Gasteiger partial charge in [-0.25, -0.2) is 19.3 Å². The van der Waals surface area contributed by atoms with Crippen LogP contribution in [0.2, 0.25) is 0 Å². The van der Waals surface area contributed by atoms with Crippen molar-refractivity contribution in [2.75, 3.05) is 0 Å². The van der Waals surface area contributed by atoms with Gasteiger partial charge in [-0.3, -0.25) is 4.79 Å². The summed E-state index contributed by atoms with van der Waals surface area (Å²) in [6.45, 7) is 14.4. The Hall–Kier alpha value is -3.55. The predicted octanol–water partition coefficient (Wildman–Crippen LogP) is 4.69. The first-order valence-electron chi connectivity index (χ1n) is 11.2. The van der Waals surface area contributed by atoms with Crippen molar-refractivity contribution in [1.82, 2.24) is 34.8 Å². The molecule has 4 aromatic rings. The molecule has 0 bridgehead atoms. The summed E-state index contributed by atoms with van der Waals surface area (Å²) in [5.41, 5.74) is 4.72. The minimum absolute atomic E-state index is 0.131. The summed E-state index contributed by atoms with van der Waals surface area (Å²) in [5.74, 6) is 0.0556. The molecule has 33 heavy (non-hydrogen) atoms. The van der Waals surface area contributed by atoms with Gasteiger partial charge in [-0.05, 0) is 64.3 Å². The van der Waals surface area contributed by atoms with Gasteiger partial charge in [-0.15, -0.1) is 0 Å². The topological polar surface area (TPSA) is 90.5 Å². The monoisotopic (exact) mass is 445 g/mol. The van der Waals surface area contributed by atoms with Crippen LogP contribution in [0.4, 0.5) is 0 Å². The van der Waals surface area contributed by atoms with Gasteiger partial charge in [0.15, 0.2) is 5.65 Å². The van der Waals surface area contributed by atoms with Gasteiger partial charge in [0.25, 0.3) is 5.91 Å². The van der Waals surface area contributed by atoms with Gasteiger partial charge in [0, 0.05) is 5.69 Å². The van der Waals surface area contributed by atoms with E-state index in [-0.39, 0.29) is 23.4 Å². The minimum atomic E-state index is -0.248. The number of amides is 1. The number of fused-ring (bicyclic) bond motifs is 1. The third kappa shape index (κ3) is 4.37. The molecular weight excluding hydrogens is 414 g/mol. The standard InChI is InChI=1S/C25H31N7O/c1-15(2)21-12-20(22-17(4)30-32(23(22)29-21)25(5,6)7)24(33)28-16(3)18-8-10-19(11-9-18)31-14-26-13-27-31/h8-16H,1-7H3,(H,28,33). The Labute approximate surface area is 194 Å². The molecule has 172 valence electrons. The van der Waals surface area contributed by atoms with Crippen LogP contribution < -0.4 is 5.32 Å². The fraction of sp³-hybridized carbons (Fsp3) is 0.400. The number of carbonyl (C=O) groups is 1. The molecule has 0 saturated carbocycles. The van der Waals surface area contributed by atoms with Gasteiger partial charge in [0.2, 0.25) is 0 Å². The molecule has 1 aromatic carbocycles. The summed E-state index contributed by atoms with van der Waals surface area (Å²) in [4.78, 5) is 22.3. The van der Waals surface area contributed by atoms with E-state index in [0.29, 0.717) is 5.56 Å². The first-order valence-corrected chi connectivity index (χ1v) is 11.2. The van der Waals surface area contributed by atoms with Crippen molar-refractivity contribution in [3.63, 3.8) is 0 Å². The molecule has 0 saturated heterocycles. The predicted molar refractivity (Wildman–Crippen MR) is 129 cm³/mol. The number of benzene rings is 1. The average Bonchev–Trinajstić information content (AvgIpc) is 3.41. The Morgan fingerprint density at radius 1 is 1.09 bits per heavy atom. The molecule has 1 N–H and O–H groups in total. The fourth-order valence-electron chi connectivity index (χ4n) is 3.87. The highest BCUT2D eigenvalue weighted by molar-refractivity contribution is 6.06. The Bertz CT molecular complexity index is 1280. The van der Waals surface area contributed by atoms with E-state index in [1.165, 1.54) is 6.33 Å². The molecule has 8 nitrogen and oxygen atoms in total. The van der Waals surface area contributed by atoms with Crippen LogP contribution in [0.15, 0.2) is 43.0 Å². The number of aromatic nitrogens is 6. The van der Waals surface area contributed by atoms with Crippen LogP contribution >= 0.6 is 0 Å². The maximum Gasteiger partial charge on any atom is 0.252 e. The van der Waals surface area contributed by atoms with Gasteiger partial charge in [0.1, 0.15) is 12.7 Å². The molecule has 1 amide bonds. The van der Waals surface area contributed by atoms with Crippen molar-refractivity contribution in [2.45, 2.75) is 66.0 Å². The molecule has 0 aliphatic rings. The Balaban J connectivity index is 1.68. The number of nitrogens with one attached hydrogen (secondary N) is 1. The van der Waals surface area contributed by atoms with Gasteiger partial charge in [-0.1, -0.05) is 26.0 Å². The van der Waals surface area contributed by atoms with E-state index in [1.54, 1.807) is 11.0 Å². The minimum Gasteiger partial charge on any atom is -0.345 e. The lowest BCUT2D eigenvalue weighted by atomic mass is 10.0. The first kappa shape index (κ1) is 22.6. The smallest absolute Gasteiger partial charge is 0.252 e. The van der Waals surface area contributed by atoms with E-state index < -0.39 is 0 Å². The molecule has 0 aliphatic carbocycles. The van der Waals surface area contributed by atoms with Crippen LogP contribution in [-0.4, -0.2) is 35.4 Å². The van der Waals surface area contributed by atoms with Crippen LogP contribution in [0, 0.1) is 6.92 Å². The summed E-state index contributed by atoms with van der Waals surface area (Å²) >= 11 is 0. The highest BCUT2D eigenvalue weighted by Gasteiger charge is 2.25. The Morgan fingerprint density at radius 2 is 1.79 bits per heavy atom. The van der Waals surface area contributed by atoms with E-state index >= 15 is 0 Å². The lowest BCUT2D eigenvalue weighted by Crippen LogP contribution is -2.27. The van der Waals surface area contributed by atoms with Crippen molar-refractivity contribution in [3.8, 4) is 5.69 Å². The quantitative estimate of drug-likeness (QED) is 0.481. The second-order valence-corrected chi connectivity index (χ2v) is 9.74. The molecule has 8 heteroatoms. The lowest BCUT2D eigenvalue weighted by molar-refractivity contribution is 0.0941. The average molecular weight is 446 g/mol. The Morgan fingerprint density at radius 3 is 2.36 bits per heavy atom. The number of aryl methyl sites for hydroxylation is 1. The van der Waals surface area contributed by atoms with Crippen molar-refractivity contribution >= 4 is 16.9 Å². The maximum absolute atomic E-state index is 13.5. The van der Waals surface area contributed by atoms with E-state index in [9.17, 15) is 4.79 Å². The molecule has 4 rings (SSSR count). The zero-order valence-electron chi connectivity index (χ0n) is 20.3. The molecule has 1 atom stereocenters. The van der Waals surface area contributed by atoms with Crippen molar-refractivity contribution in [1.29, 1.82) is 0 Å². The third-order valence-corrected chi connectivity index (χ3v) is 5.73. The molecule has 0 aliphatic heterocycles. The van der Waals surface area contributed by atoms with E-state index in [0.717, 1.165) is 33.7 Å². The SMILES string of the molecule is Cc1nn(C(C)(C)C)c2nc(C(C)C)cc(C(=O)NC(C)c3ccc(-n4cncn4)cc3)c12. The van der Waals surface area contributed by atoms with Crippen molar-refractivity contribution in [2.24, 2.45) is 0 Å². The van der Waals surface area contributed by atoms with Gasteiger partial charge in [-0.2, -0.15) is 10.2 Å². The number of hydrogen-bond donors (Lipinski definition) is 1. The summed E-state index contributed by atoms with van der Waals surface area (Å²) in [7, 11) is 0. The van der Waals surface area contributed by atoms with Crippen LogP contribution in [0.5, 0.6) is 0 Å². The van der Waals surface area contributed by atoms with Gasteiger partial charge >= 0.3 is 0 Å². The van der Waals surface area contributed by atoms with Crippen LogP contribution in [0.25, 0.3) is 16.7 Å². The van der Waals surface area contributed by atoms with E-state index in [2.05, 4.69) is 50.0 Å². The molecule has 0 radical (unpaired) electrons. The molecule has 3 aromatic heterocycles. The molecule has 3 heterocycles. The van der Waals surface area contributed by atoms with Crippen LogP contribution in [0.3, 0.4) is 0 Å². The first-order chi connectivity index (χ1) is 15.6. The van der Waals surface area contributed by atoms with Crippen molar-refractivity contribution < 1.29 is 4.79 Å². The Kier molecular flexibility index (Phi) is 5.78. The largest absolute Gasteiger partial charge is 0.345 e. The molecule has 0 fully saturated rings. The highest BCUT2D eigenvalue weighted by Crippen LogP contribution is 2.29. The van der Waals surface area contributed by atoms with Crippen LogP contribution in [0.1, 0.15) is 80.8 Å². The number of rotatable bonds is 5. The maximum atomic E-state index is 13.5. The van der Waals surface area contributed by atoms with Gasteiger partial charge in [0.05, 0.1) is 33.9 Å². The summed E-state index contributed by atoms with van der Waals surface area (Å²) in [6.07, 6.45) is 3.16. The second kappa shape index (κ2) is 8.42. The van der Waals surface area contributed by atoms with Crippen molar-refractivity contribution in [3.05, 3.63) is 65.5 Å². The zero-order chi connectivity index (χ0) is 23.9. The third-order valence-electron chi connectivity index (χ3n) is 5.73. The highest BCUT2D eigenvalue weighted by atomic mass is 16.1. The summed E-state index contributed by atoms with van der Waals surface area (Å²) < 4.78 is 3.62. The number of pyridine rings is 1. The number of nitrogens with zero attached hydrogens (tertiary/aromatic N) is 6. The molecular formula is C25H31N7O. The fourth-order valence-corrected chi connectivity index (χ4v) is 3.87. The number of hydrogen-bond acceptors (Lipinski definition) is 5. The lowest BCUT2D eigenvalue weighted by Gasteiger charge is -2.21. The normalized spacial score (nSPS) is 13.0. The summed E-state index contributed by atoms with van der Waals surface area (Å²) in [5, 5.41) is 12.9. The second-order valence-electron chi connectivity index (χ2n) is 9.74. The van der Waals surface area contributed by atoms with Gasteiger partial charge < -0.3 is 5.32 Å². The zero-order valence-corrected chi connectivity index (χ0v) is 20.3. The van der Waals surface area contributed by atoms with Crippen LogP contribution in [-0.2, 0) is 5.54 Å². The number of carbonyl (C=O) groups excluding carboxylic acids is 1.